The Kier molecular flexibility index (Phi) is 5.30. The molecule has 0 aromatic heterocycles. The fourth-order valence-corrected chi connectivity index (χ4v) is 3.56. The number of nitrogens with zero attached hydrogens (tertiary/aromatic N) is 1. The molecular formula is C12H24N2S. The van der Waals surface area contributed by atoms with Gasteiger partial charge >= 0.3 is 0 Å². The Bertz CT molecular complexity index is 163. The van der Waals surface area contributed by atoms with Crippen molar-refractivity contribution in [3.05, 3.63) is 0 Å². The first kappa shape index (κ1) is 11.7. The van der Waals surface area contributed by atoms with Crippen molar-refractivity contribution in [3.63, 3.8) is 0 Å². The molecule has 15 heavy (non-hydrogen) atoms. The molecule has 1 aliphatic heterocycles. The molecule has 2 nitrogen and oxygen atoms in total. The highest BCUT2D eigenvalue weighted by Crippen LogP contribution is 2.23. The van der Waals surface area contributed by atoms with Crippen LogP contribution in [-0.2, 0) is 0 Å². The highest BCUT2D eigenvalue weighted by atomic mass is 32.2. The highest BCUT2D eigenvalue weighted by Gasteiger charge is 2.14. The summed E-state index contributed by atoms with van der Waals surface area (Å²) in [5.74, 6) is 3.66. The predicted molar refractivity (Wildman–Crippen MR) is 68.6 cm³/mol. The van der Waals surface area contributed by atoms with Gasteiger partial charge in [0.15, 0.2) is 0 Å². The third-order valence-electron chi connectivity index (χ3n) is 3.62. The zero-order valence-electron chi connectivity index (χ0n) is 9.71. The Morgan fingerprint density at radius 1 is 1.13 bits per heavy atom. The number of thioether (sulfide) groups is 1. The van der Waals surface area contributed by atoms with E-state index in [1.807, 2.05) is 0 Å². The second kappa shape index (κ2) is 6.77. The van der Waals surface area contributed by atoms with Crippen LogP contribution in [0.3, 0.4) is 0 Å². The second-order valence-electron chi connectivity index (χ2n) is 4.81. The Morgan fingerprint density at radius 3 is 2.60 bits per heavy atom. The molecule has 2 fully saturated rings. The van der Waals surface area contributed by atoms with E-state index in [9.17, 15) is 0 Å². The lowest BCUT2D eigenvalue weighted by molar-refractivity contribution is 0.298. The first-order valence-electron chi connectivity index (χ1n) is 6.46. The molecule has 0 radical (unpaired) electrons. The molecule has 1 saturated heterocycles. The van der Waals surface area contributed by atoms with Gasteiger partial charge in [0.2, 0.25) is 0 Å². The van der Waals surface area contributed by atoms with E-state index in [2.05, 4.69) is 22.0 Å². The lowest BCUT2D eigenvalue weighted by atomic mass is 10.1. The molecule has 0 bridgehead atoms. The largest absolute Gasteiger partial charge is 0.315 e. The maximum Gasteiger partial charge on any atom is 0.0107 e. The van der Waals surface area contributed by atoms with Crippen LogP contribution in [0.5, 0.6) is 0 Å². The molecule has 3 heteroatoms. The first-order valence-corrected chi connectivity index (χ1v) is 7.61. The van der Waals surface area contributed by atoms with Crippen LogP contribution >= 0.6 is 11.8 Å². The molecule has 1 heterocycles. The zero-order valence-corrected chi connectivity index (χ0v) is 10.5. The summed E-state index contributed by atoms with van der Waals surface area (Å²) in [7, 11) is 0. The lowest BCUT2D eigenvalue weighted by Gasteiger charge is -2.26. The van der Waals surface area contributed by atoms with E-state index in [-0.39, 0.29) is 0 Å². The van der Waals surface area contributed by atoms with Gasteiger partial charge in [-0.1, -0.05) is 12.8 Å². The van der Waals surface area contributed by atoms with E-state index in [4.69, 9.17) is 0 Å². The molecule has 0 unspecified atom stereocenters. The van der Waals surface area contributed by atoms with Crippen molar-refractivity contribution >= 4 is 11.8 Å². The second-order valence-corrected chi connectivity index (χ2v) is 6.03. The summed E-state index contributed by atoms with van der Waals surface area (Å²) in [5.41, 5.74) is 0. The molecule has 2 rings (SSSR count). The van der Waals surface area contributed by atoms with E-state index in [0.29, 0.717) is 0 Å². The summed E-state index contributed by atoms with van der Waals surface area (Å²) in [6, 6.07) is 0. The fourth-order valence-electron chi connectivity index (χ4n) is 2.58. The van der Waals surface area contributed by atoms with Crippen molar-refractivity contribution < 1.29 is 0 Å². The van der Waals surface area contributed by atoms with Crippen LogP contribution < -0.4 is 5.32 Å². The Morgan fingerprint density at radius 2 is 1.87 bits per heavy atom. The van der Waals surface area contributed by atoms with Gasteiger partial charge < -0.3 is 10.2 Å². The fraction of sp³-hybridized carbons (Fsp3) is 1.00. The minimum atomic E-state index is 0.988. The van der Waals surface area contributed by atoms with E-state index in [0.717, 1.165) is 5.92 Å². The van der Waals surface area contributed by atoms with Crippen LogP contribution in [0.2, 0.25) is 0 Å². The molecule has 0 atom stereocenters. The smallest absolute Gasteiger partial charge is 0.0107 e. The van der Waals surface area contributed by atoms with Crippen molar-refractivity contribution in [1.82, 2.24) is 10.2 Å². The maximum absolute atomic E-state index is 3.63. The topological polar surface area (TPSA) is 15.3 Å². The quantitative estimate of drug-likeness (QED) is 0.723. The SMILES string of the molecule is C1CCC(CNCCN2CCSCC2)C1. The summed E-state index contributed by atoms with van der Waals surface area (Å²) in [6.07, 6.45) is 5.87. The molecule has 1 N–H and O–H groups in total. The predicted octanol–water partition coefficient (Wildman–Crippen LogP) is 1.81. The van der Waals surface area contributed by atoms with Crippen LogP contribution in [0.15, 0.2) is 0 Å². The van der Waals surface area contributed by atoms with Gasteiger partial charge in [-0.15, -0.1) is 0 Å². The van der Waals surface area contributed by atoms with Crippen LogP contribution in [0.25, 0.3) is 0 Å². The first-order chi connectivity index (χ1) is 7.45. The summed E-state index contributed by atoms with van der Waals surface area (Å²) >= 11 is 2.10. The van der Waals surface area contributed by atoms with Crippen LogP contribution in [0.4, 0.5) is 0 Å². The Balaban J connectivity index is 1.47. The minimum absolute atomic E-state index is 0.988. The number of nitrogens with one attached hydrogen (secondary N) is 1. The molecular weight excluding hydrogens is 204 g/mol. The monoisotopic (exact) mass is 228 g/mol. The van der Waals surface area contributed by atoms with Gasteiger partial charge in [0.1, 0.15) is 0 Å². The average molecular weight is 228 g/mol. The van der Waals surface area contributed by atoms with E-state index in [1.54, 1.807) is 0 Å². The molecule has 1 aliphatic carbocycles. The van der Waals surface area contributed by atoms with Crippen LogP contribution in [0.1, 0.15) is 25.7 Å². The van der Waals surface area contributed by atoms with Crippen LogP contribution in [0, 0.1) is 5.92 Å². The molecule has 0 aromatic carbocycles. The molecule has 0 spiro atoms. The van der Waals surface area contributed by atoms with Gasteiger partial charge in [0.25, 0.3) is 0 Å². The number of hydrogen-bond donors (Lipinski definition) is 1. The standard InChI is InChI=1S/C12H24N2S/c1-2-4-12(3-1)11-13-5-6-14-7-9-15-10-8-14/h12-13H,1-11H2. The summed E-state index contributed by atoms with van der Waals surface area (Å²) in [4.78, 5) is 2.60. The van der Waals surface area contributed by atoms with Crippen molar-refractivity contribution in [2.45, 2.75) is 25.7 Å². The van der Waals surface area contributed by atoms with Crippen molar-refractivity contribution in [1.29, 1.82) is 0 Å². The Hall–Kier alpha value is 0.270. The van der Waals surface area contributed by atoms with Crippen molar-refractivity contribution in [3.8, 4) is 0 Å². The Labute approximate surface area is 98.2 Å². The van der Waals surface area contributed by atoms with Gasteiger partial charge in [0, 0.05) is 37.7 Å². The molecule has 1 saturated carbocycles. The van der Waals surface area contributed by atoms with Gasteiger partial charge in [-0.3, -0.25) is 0 Å². The minimum Gasteiger partial charge on any atom is -0.315 e. The zero-order chi connectivity index (χ0) is 10.3. The third-order valence-corrected chi connectivity index (χ3v) is 4.56. The summed E-state index contributed by atoms with van der Waals surface area (Å²) in [5, 5.41) is 3.63. The van der Waals surface area contributed by atoms with Gasteiger partial charge in [0.05, 0.1) is 0 Å². The van der Waals surface area contributed by atoms with Crippen molar-refractivity contribution in [2.24, 2.45) is 5.92 Å². The van der Waals surface area contributed by atoms with E-state index >= 15 is 0 Å². The average Bonchev–Trinajstić information content (AvgIpc) is 2.79. The molecule has 2 aliphatic rings. The lowest BCUT2D eigenvalue weighted by Crippen LogP contribution is -2.38. The van der Waals surface area contributed by atoms with Gasteiger partial charge in [-0.25, -0.2) is 0 Å². The normalized spacial score (nSPS) is 24.8. The van der Waals surface area contributed by atoms with Gasteiger partial charge in [-0.2, -0.15) is 11.8 Å². The summed E-state index contributed by atoms with van der Waals surface area (Å²) in [6.45, 7) is 6.32. The van der Waals surface area contributed by atoms with Crippen molar-refractivity contribution in [2.75, 3.05) is 44.2 Å². The number of rotatable bonds is 5. The van der Waals surface area contributed by atoms with E-state index < -0.39 is 0 Å². The van der Waals surface area contributed by atoms with Crippen LogP contribution in [-0.4, -0.2) is 49.1 Å². The molecule has 88 valence electrons. The molecule has 0 amide bonds. The highest BCUT2D eigenvalue weighted by molar-refractivity contribution is 7.99. The van der Waals surface area contributed by atoms with E-state index in [1.165, 1.54) is 69.9 Å². The third kappa shape index (κ3) is 4.33. The number of hydrogen-bond acceptors (Lipinski definition) is 3. The molecule has 0 aromatic rings. The summed E-state index contributed by atoms with van der Waals surface area (Å²) < 4.78 is 0. The van der Waals surface area contributed by atoms with Gasteiger partial charge in [-0.05, 0) is 25.3 Å². The maximum atomic E-state index is 3.63.